The zero-order chi connectivity index (χ0) is 12.6. The van der Waals surface area contributed by atoms with Crippen LogP contribution in [0.15, 0.2) is 0 Å². The van der Waals surface area contributed by atoms with Gasteiger partial charge in [-0.1, -0.05) is 0 Å². The van der Waals surface area contributed by atoms with E-state index in [4.69, 9.17) is 9.05 Å². The largest absolute Gasteiger partial charge is 0.452 e. The Morgan fingerprint density at radius 2 is 1.88 bits per heavy atom. The van der Waals surface area contributed by atoms with Gasteiger partial charge in [-0.15, -0.1) is 4.08 Å². The number of nitrogens with one attached hydrogen (secondary N) is 1. The minimum absolute atomic E-state index is 0.250. The number of ether oxygens (including phenoxy) is 1. The van der Waals surface area contributed by atoms with E-state index >= 15 is 0 Å². The van der Waals surface area contributed by atoms with Crippen molar-refractivity contribution in [2.75, 3.05) is 27.4 Å². The van der Waals surface area contributed by atoms with Gasteiger partial charge in [0.1, 0.15) is 0 Å². The zero-order valence-corrected chi connectivity index (χ0v) is 11.5. The number of amides is 1. The van der Waals surface area contributed by atoms with Crippen molar-refractivity contribution in [1.82, 2.24) is 8.80 Å². The highest BCUT2D eigenvalue weighted by Gasteiger charge is 2.31. The van der Waals surface area contributed by atoms with Gasteiger partial charge in [0, 0.05) is 7.05 Å². The summed E-state index contributed by atoms with van der Waals surface area (Å²) >= 11 is 0.792. The molecular weight excluding hydrogens is 255 g/mol. The predicted molar refractivity (Wildman–Crippen MR) is 61.8 cm³/mol. The summed E-state index contributed by atoms with van der Waals surface area (Å²) in [6.07, 6.45) is -0.642. The Hall–Kier alpha value is -0.270. The lowest BCUT2D eigenvalue weighted by Gasteiger charge is -2.24. The third-order valence-corrected chi connectivity index (χ3v) is 4.60. The molecular formula is C7H17N2O5PS. The second-order valence-electron chi connectivity index (χ2n) is 2.45. The molecule has 0 aromatic rings. The van der Waals surface area contributed by atoms with Crippen LogP contribution in [0.1, 0.15) is 13.8 Å². The van der Waals surface area contributed by atoms with Crippen molar-refractivity contribution in [3.8, 4) is 0 Å². The molecule has 0 spiro atoms. The molecule has 0 atom stereocenters. The third kappa shape index (κ3) is 5.18. The average molecular weight is 272 g/mol. The van der Waals surface area contributed by atoms with Gasteiger partial charge in [0.25, 0.3) is 0 Å². The van der Waals surface area contributed by atoms with Crippen LogP contribution in [0.2, 0.25) is 0 Å². The Morgan fingerprint density at radius 1 is 1.38 bits per heavy atom. The Labute approximate surface area is 99.7 Å². The summed E-state index contributed by atoms with van der Waals surface area (Å²) in [6.45, 7) is 3.91. The molecule has 16 heavy (non-hydrogen) atoms. The molecule has 9 heteroatoms. The summed E-state index contributed by atoms with van der Waals surface area (Å²) in [5.41, 5.74) is 0. The quantitative estimate of drug-likeness (QED) is 0.561. The topological polar surface area (TPSA) is 77.1 Å². The maximum absolute atomic E-state index is 12.1. The van der Waals surface area contributed by atoms with Crippen LogP contribution in [0.3, 0.4) is 0 Å². The first-order chi connectivity index (χ1) is 7.50. The Morgan fingerprint density at radius 3 is 2.25 bits per heavy atom. The van der Waals surface area contributed by atoms with Crippen LogP contribution in [-0.2, 0) is 18.3 Å². The van der Waals surface area contributed by atoms with Gasteiger partial charge in [-0.2, -0.15) is 0 Å². The summed E-state index contributed by atoms with van der Waals surface area (Å²) in [6, 6.07) is 0. The first-order valence-corrected chi connectivity index (χ1v) is 6.91. The van der Waals surface area contributed by atoms with Crippen LogP contribution in [0.25, 0.3) is 0 Å². The molecule has 0 heterocycles. The zero-order valence-electron chi connectivity index (χ0n) is 9.76. The SMILES string of the molecule is CCOP(=O)(OCC)N(C)SNC(=O)OC. The van der Waals surface area contributed by atoms with Gasteiger partial charge >= 0.3 is 13.8 Å². The smallest absolute Gasteiger partial charge is 0.418 e. The lowest BCUT2D eigenvalue weighted by molar-refractivity contribution is 0.178. The van der Waals surface area contributed by atoms with Crippen LogP contribution in [0.4, 0.5) is 4.79 Å². The van der Waals surface area contributed by atoms with Crippen LogP contribution in [0, 0.1) is 0 Å². The van der Waals surface area contributed by atoms with Crippen LogP contribution >= 0.6 is 19.9 Å². The third-order valence-electron chi connectivity index (χ3n) is 1.38. The minimum atomic E-state index is -3.35. The number of nitrogens with zero attached hydrogens (tertiary/aromatic N) is 1. The number of methoxy groups -OCH3 is 1. The molecule has 0 aliphatic carbocycles. The van der Waals surface area contributed by atoms with Gasteiger partial charge in [0.15, 0.2) is 0 Å². The van der Waals surface area contributed by atoms with E-state index in [-0.39, 0.29) is 13.2 Å². The standard InChI is InChI=1S/C7H17N2O5PS/c1-5-13-15(11,14-6-2)9(3)16-8-7(10)12-4/h5-6H2,1-4H3,(H,8,10). The monoisotopic (exact) mass is 272 g/mol. The van der Waals surface area contributed by atoms with E-state index in [9.17, 15) is 9.36 Å². The second kappa shape index (κ2) is 7.92. The van der Waals surface area contributed by atoms with Gasteiger partial charge in [-0.05, 0) is 13.8 Å². The summed E-state index contributed by atoms with van der Waals surface area (Å²) in [7, 11) is -0.622. The number of hydrogen-bond acceptors (Lipinski definition) is 6. The Balaban J connectivity index is 4.32. The fraction of sp³-hybridized carbons (Fsp3) is 0.857. The molecule has 0 saturated carbocycles. The van der Waals surface area contributed by atoms with Gasteiger partial charge in [0.05, 0.1) is 32.5 Å². The van der Waals surface area contributed by atoms with E-state index in [1.807, 2.05) is 0 Å². The molecule has 0 rings (SSSR count). The van der Waals surface area contributed by atoms with E-state index in [1.165, 1.54) is 18.2 Å². The number of carbonyl (C=O) groups is 1. The molecule has 0 aromatic heterocycles. The molecule has 0 aliphatic heterocycles. The molecule has 1 N–H and O–H groups in total. The van der Waals surface area contributed by atoms with Crippen molar-refractivity contribution in [2.45, 2.75) is 13.8 Å². The molecule has 96 valence electrons. The first-order valence-electron chi connectivity index (χ1n) is 4.64. The van der Waals surface area contributed by atoms with E-state index in [1.54, 1.807) is 13.8 Å². The molecule has 0 radical (unpaired) electrons. The molecule has 0 bridgehead atoms. The van der Waals surface area contributed by atoms with Gasteiger partial charge < -0.3 is 4.74 Å². The van der Waals surface area contributed by atoms with E-state index in [0.29, 0.717) is 0 Å². The molecule has 0 fully saturated rings. The minimum Gasteiger partial charge on any atom is -0.452 e. The Kier molecular flexibility index (Phi) is 7.78. The molecule has 0 aromatic carbocycles. The lowest BCUT2D eigenvalue weighted by atomic mass is 10.9. The number of hydrogen-bond donors (Lipinski definition) is 1. The van der Waals surface area contributed by atoms with Crippen molar-refractivity contribution in [3.05, 3.63) is 0 Å². The van der Waals surface area contributed by atoms with E-state index in [0.717, 1.165) is 12.1 Å². The van der Waals surface area contributed by atoms with Gasteiger partial charge in [0.2, 0.25) is 0 Å². The highest BCUT2D eigenvalue weighted by atomic mass is 32.2. The van der Waals surface area contributed by atoms with E-state index in [2.05, 4.69) is 9.46 Å². The van der Waals surface area contributed by atoms with Crippen LogP contribution in [0.5, 0.6) is 0 Å². The predicted octanol–water partition coefficient (Wildman–Crippen LogP) is 2.02. The fourth-order valence-corrected chi connectivity index (χ4v) is 2.87. The maximum Gasteiger partial charge on any atom is 0.418 e. The summed E-state index contributed by atoms with van der Waals surface area (Å²) in [4.78, 5) is 10.8. The van der Waals surface area contributed by atoms with Gasteiger partial charge in [-0.25, -0.2) is 9.36 Å². The van der Waals surface area contributed by atoms with Crippen molar-refractivity contribution in [3.63, 3.8) is 0 Å². The van der Waals surface area contributed by atoms with Crippen LogP contribution < -0.4 is 4.72 Å². The highest BCUT2D eigenvalue weighted by molar-refractivity contribution is 8.00. The summed E-state index contributed by atoms with van der Waals surface area (Å²) in [5.74, 6) is 0. The number of carbonyl (C=O) groups excluding carboxylic acids is 1. The summed E-state index contributed by atoms with van der Waals surface area (Å²) in [5, 5.41) is 0. The van der Waals surface area contributed by atoms with Crippen molar-refractivity contribution in [1.29, 1.82) is 0 Å². The van der Waals surface area contributed by atoms with Crippen molar-refractivity contribution in [2.24, 2.45) is 0 Å². The fourth-order valence-electron chi connectivity index (χ4n) is 0.721. The summed E-state index contributed by atoms with van der Waals surface area (Å²) < 4.78 is 30.1. The first kappa shape index (κ1) is 15.7. The molecule has 1 amide bonds. The number of rotatable bonds is 7. The molecule has 0 unspecified atom stereocenters. The molecule has 0 saturated heterocycles. The van der Waals surface area contributed by atoms with E-state index < -0.39 is 13.8 Å². The average Bonchev–Trinajstić information content (AvgIpc) is 2.25. The second-order valence-corrected chi connectivity index (χ2v) is 5.71. The normalized spacial score (nSPS) is 11.6. The highest BCUT2D eigenvalue weighted by Crippen LogP contribution is 2.53. The van der Waals surface area contributed by atoms with Crippen molar-refractivity contribution >= 4 is 26.0 Å². The van der Waals surface area contributed by atoms with Crippen molar-refractivity contribution < 1.29 is 23.1 Å². The molecule has 7 nitrogen and oxygen atoms in total. The Bertz CT molecular complexity index is 255. The van der Waals surface area contributed by atoms with Crippen LogP contribution in [-0.4, -0.2) is 37.5 Å². The molecule has 0 aliphatic rings. The lowest BCUT2D eigenvalue weighted by Crippen LogP contribution is -2.22. The maximum atomic E-state index is 12.1. The van der Waals surface area contributed by atoms with Gasteiger partial charge in [-0.3, -0.25) is 13.8 Å².